The smallest absolute Gasteiger partial charge is 0.263 e. The van der Waals surface area contributed by atoms with E-state index in [1.165, 1.54) is 7.11 Å². The van der Waals surface area contributed by atoms with E-state index >= 15 is 0 Å². The molecule has 4 nitrogen and oxygen atoms in total. The van der Waals surface area contributed by atoms with E-state index in [1.54, 1.807) is 0 Å². The molecule has 17 heavy (non-hydrogen) atoms. The first-order valence-corrected chi connectivity index (χ1v) is 5.99. The van der Waals surface area contributed by atoms with Gasteiger partial charge in [-0.25, -0.2) is 5.48 Å². The number of aromatic nitrogens is 1. The monoisotopic (exact) mass is 296 g/mol. The number of carbonyl (C=O) groups excluding carboxylic acids is 1. The minimum atomic E-state index is -0.177. The third-order valence-electron chi connectivity index (χ3n) is 2.67. The van der Waals surface area contributed by atoms with Gasteiger partial charge in [-0.1, -0.05) is 18.2 Å². The number of hydrogen-bond acceptors (Lipinski definition) is 2. The number of nitrogens with one attached hydrogen (secondary N) is 1. The van der Waals surface area contributed by atoms with Crippen LogP contribution >= 0.6 is 15.9 Å². The molecule has 0 aliphatic rings. The van der Waals surface area contributed by atoms with Gasteiger partial charge in [0.1, 0.15) is 6.54 Å². The summed E-state index contributed by atoms with van der Waals surface area (Å²) in [6.45, 7) is 2.22. The second kappa shape index (κ2) is 4.89. The summed E-state index contributed by atoms with van der Waals surface area (Å²) < 4.78 is 2.98. The van der Waals surface area contributed by atoms with Crippen molar-refractivity contribution in [3.05, 3.63) is 34.4 Å². The van der Waals surface area contributed by atoms with Crippen molar-refractivity contribution in [2.75, 3.05) is 7.11 Å². The molecule has 1 aromatic carbocycles. The predicted octanol–water partition coefficient (Wildman–Crippen LogP) is 2.39. The van der Waals surface area contributed by atoms with Gasteiger partial charge >= 0.3 is 0 Å². The highest BCUT2D eigenvalue weighted by atomic mass is 79.9. The fourth-order valence-corrected chi connectivity index (χ4v) is 2.43. The number of benzene rings is 1. The van der Waals surface area contributed by atoms with E-state index in [2.05, 4.69) is 26.2 Å². The van der Waals surface area contributed by atoms with Crippen molar-refractivity contribution in [3.8, 4) is 0 Å². The number of carbonyl (C=O) groups is 1. The third-order valence-corrected chi connectivity index (χ3v) is 3.67. The van der Waals surface area contributed by atoms with Crippen LogP contribution in [-0.4, -0.2) is 17.6 Å². The van der Waals surface area contributed by atoms with Gasteiger partial charge in [0.2, 0.25) is 0 Å². The van der Waals surface area contributed by atoms with Crippen LogP contribution in [0.2, 0.25) is 0 Å². The molecule has 1 aromatic heterocycles. The van der Waals surface area contributed by atoms with E-state index in [-0.39, 0.29) is 12.5 Å². The zero-order valence-corrected chi connectivity index (χ0v) is 11.2. The zero-order valence-electron chi connectivity index (χ0n) is 9.66. The average Bonchev–Trinajstić information content (AvgIpc) is 2.56. The van der Waals surface area contributed by atoms with Crippen molar-refractivity contribution in [3.63, 3.8) is 0 Å². The van der Waals surface area contributed by atoms with E-state index in [9.17, 15) is 4.79 Å². The Kier molecular flexibility index (Phi) is 3.49. The molecule has 2 rings (SSSR count). The molecule has 1 heterocycles. The van der Waals surface area contributed by atoms with Crippen molar-refractivity contribution in [2.24, 2.45) is 0 Å². The first-order valence-electron chi connectivity index (χ1n) is 5.20. The molecule has 0 saturated carbocycles. The van der Waals surface area contributed by atoms with Gasteiger partial charge in [-0.05, 0) is 28.9 Å². The van der Waals surface area contributed by atoms with E-state index in [0.29, 0.717) is 0 Å². The molecule has 0 bridgehead atoms. The lowest BCUT2D eigenvalue weighted by Crippen LogP contribution is -2.26. The van der Waals surface area contributed by atoms with Crippen molar-refractivity contribution in [1.82, 2.24) is 10.0 Å². The molecule has 0 radical (unpaired) electrons. The summed E-state index contributed by atoms with van der Waals surface area (Å²) in [7, 11) is 1.43. The van der Waals surface area contributed by atoms with Gasteiger partial charge in [0, 0.05) is 21.1 Å². The molecule has 5 heteroatoms. The van der Waals surface area contributed by atoms with Crippen LogP contribution < -0.4 is 5.48 Å². The molecule has 0 spiro atoms. The van der Waals surface area contributed by atoms with Gasteiger partial charge in [-0.3, -0.25) is 9.63 Å². The normalized spacial score (nSPS) is 10.8. The van der Waals surface area contributed by atoms with E-state index < -0.39 is 0 Å². The summed E-state index contributed by atoms with van der Waals surface area (Å²) in [5.74, 6) is -0.177. The molecule has 0 aliphatic heterocycles. The molecule has 1 N–H and O–H groups in total. The second-order valence-electron chi connectivity index (χ2n) is 3.73. The van der Waals surface area contributed by atoms with E-state index in [0.717, 1.165) is 21.1 Å². The molecular weight excluding hydrogens is 284 g/mol. The fraction of sp³-hybridized carbons (Fsp3) is 0.250. The standard InChI is InChI=1S/C12H13BrN2O2/c1-8-12(13)9-5-3-4-6-10(9)15(8)7-11(16)14-17-2/h3-6H,7H2,1-2H3,(H,14,16). The zero-order chi connectivity index (χ0) is 12.4. The minimum Gasteiger partial charge on any atom is -0.334 e. The van der Waals surface area contributed by atoms with Crippen LogP contribution in [0.1, 0.15) is 5.69 Å². The number of hydroxylamine groups is 1. The van der Waals surface area contributed by atoms with Crippen LogP contribution in [0.4, 0.5) is 0 Å². The SMILES string of the molecule is CONC(=O)Cn1c(C)c(Br)c2ccccc21. The van der Waals surface area contributed by atoms with Crippen LogP contribution in [0.15, 0.2) is 28.7 Å². The summed E-state index contributed by atoms with van der Waals surface area (Å²) in [6.07, 6.45) is 0. The molecule has 0 atom stereocenters. The Bertz CT molecular complexity index is 563. The first kappa shape index (κ1) is 12.1. The van der Waals surface area contributed by atoms with Gasteiger partial charge in [-0.2, -0.15) is 0 Å². The minimum absolute atomic E-state index is 0.177. The van der Waals surface area contributed by atoms with Crippen LogP contribution in [0.5, 0.6) is 0 Å². The lowest BCUT2D eigenvalue weighted by atomic mass is 10.2. The Labute approximate surface area is 108 Å². The summed E-state index contributed by atoms with van der Waals surface area (Å²) >= 11 is 3.55. The Balaban J connectivity index is 2.46. The molecule has 1 amide bonds. The number of halogens is 1. The number of hydrogen-bond donors (Lipinski definition) is 1. The van der Waals surface area contributed by atoms with Crippen LogP contribution in [0.25, 0.3) is 10.9 Å². The van der Waals surface area contributed by atoms with Crippen molar-refractivity contribution < 1.29 is 9.63 Å². The molecule has 2 aromatic rings. The average molecular weight is 297 g/mol. The van der Waals surface area contributed by atoms with Crippen molar-refractivity contribution in [2.45, 2.75) is 13.5 Å². The van der Waals surface area contributed by atoms with Gasteiger partial charge in [0.25, 0.3) is 5.91 Å². The molecule has 0 saturated heterocycles. The van der Waals surface area contributed by atoms with Crippen LogP contribution in [-0.2, 0) is 16.2 Å². The molecule has 0 fully saturated rings. The highest BCUT2D eigenvalue weighted by molar-refractivity contribution is 9.10. The summed E-state index contributed by atoms with van der Waals surface area (Å²) in [4.78, 5) is 16.2. The van der Waals surface area contributed by atoms with Crippen LogP contribution in [0.3, 0.4) is 0 Å². The number of para-hydroxylation sites is 1. The Morgan fingerprint density at radius 3 is 2.88 bits per heavy atom. The Morgan fingerprint density at radius 1 is 1.47 bits per heavy atom. The Hall–Kier alpha value is -1.33. The van der Waals surface area contributed by atoms with Crippen LogP contribution in [0, 0.1) is 6.92 Å². The molecule has 90 valence electrons. The topological polar surface area (TPSA) is 43.3 Å². The molecular formula is C12H13BrN2O2. The lowest BCUT2D eigenvalue weighted by molar-refractivity contribution is -0.131. The first-order chi connectivity index (χ1) is 8.15. The summed E-state index contributed by atoms with van der Waals surface area (Å²) in [6, 6.07) is 7.95. The number of rotatable bonds is 3. The van der Waals surface area contributed by atoms with E-state index in [1.807, 2.05) is 35.8 Å². The molecule has 0 unspecified atom stereocenters. The van der Waals surface area contributed by atoms with Gasteiger partial charge < -0.3 is 4.57 Å². The third kappa shape index (κ3) is 2.21. The number of amides is 1. The quantitative estimate of drug-likeness (QED) is 0.884. The van der Waals surface area contributed by atoms with E-state index in [4.69, 9.17) is 0 Å². The summed E-state index contributed by atoms with van der Waals surface area (Å²) in [5, 5.41) is 1.11. The van der Waals surface area contributed by atoms with Crippen molar-refractivity contribution >= 4 is 32.7 Å². The number of fused-ring (bicyclic) bond motifs is 1. The Morgan fingerprint density at radius 2 is 2.18 bits per heavy atom. The lowest BCUT2D eigenvalue weighted by Gasteiger charge is -2.07. The summed E-state index contributed by atoms with van der Waals surface area (Å²) in [5.41, 5.74) is 4.38. The second-order valence-corrected chi connectivity index (χ2v) is 4.53. The van der Waals surface area contributed by atoms with Gasteiger partial charge in [0.15, 0.2) is 0 Å². The maximum absolute atomic E-state index is 11.5. The van der Waals surface area contributed by atoms with Gasteiger partial charge in [-0.15, -0.1) is 0 Å². The molecule has 0 aliphatic carbocycles. The highest BCUT2D eigenvalue weighted by Gasteiger charge is 2.13. The van der Waals surface area contributed by atoms with Gasteiger partial charge in [0.05, 0.1) is 7.11 Å². The van der Waals surface area contributed by atoms with Crippen molar-refractivity contribution in [1.29, 1.82) is 0 Å². The largest absolute Gasteiger partial charge is 0.334 e. The fourth-order valence-electron chi connectivity index (χ4n) is 1.88. The number of nitrogens with zero attached hydrogens (tertiary/aromatic N) is 1. The maximum atomic E-state index is 11.5. The predicted molar refractivity (Wildman–Crippen MR) is 69.5 cm³/mol. The maximum Gasteiger partial charge on any atom is 0.263 e. The highest BCUT2D eigenvalue weighted by Crippen LogP contribution is 2.30.